The van der Waals surface area contributed by atoms with E-state index in [-0.39, 0.29) is 0 Å². The lowest BCUT2D eigenvalue weighted by Gasteiger charge is -1.98. The highest BCUT2D eigenvalue weighted by atomic mass is 16.5. The van der Waals surface area contributed by atoms with E-state index in [2.05, 4.69) is 20.1 Å². The molecule has 6 nitrogen and oxygen atoms in total. The lowest BCUT2D eigenvalue weighted by molar-refractivity contribution is 0.432. The number of benzene rings is 1. The smallest absolute Gasteiger partial charge is 0.258 e. The number of hydrogen-bond donors (Lipinski definition) is 1. The van der Waals surface area contributed by atoms with Crippen molar-refractivity contribution in [2.75, 3.05) is 0 Å². The summed E-state index contributed by atoms with van der Waals surface area (Å²) in [4.78, 5) is 12.2. The molecule has 0 aliphatic rings. The van der Waals surface area contributed by atoms with Crippen molar-refractivity contribution >= 4 is 0 Å². The Morgan fingerprint density at radius 2 is 2.16 bits per heavy atom. The predicted octanol–water partition coefficient (Wildman–Crippen LogP) is 1.65. The Kier molecular flexibility index (Phi) is 2.99. The SMILES string of the molecule is NCc1cccc(-c2nc(-c3ccncn3)no2)c1. The second-order valence-electron chi connectivity index (χ2n) is 3.92. The maximum Gasteiger partial charge on any atom is 0.258 e. The summed E-state index contributed by atoms with van der Waals surface area (Å²) in [6.07, 6.45) is 3.08. The molecule has 19 heavy (non-hydrogen) atoms. The molecule has 6 heteroatoms. The molecule has 0 unspecified atom stereocenters. The van der Waals surface area contributed by atoms with Crippen molar-refractivity contribution in [3.8, 4) is 23.0 Å². The minimum Gasteiger partial charge on any atom is -0.334 e. The Balaban J connectivity index is 1.97. The normalized spacial score (nSPS) is 10.6. The van der Waals surface area contributed by atoms with Crippen LogP contribution in [0, 0.1) is 0 Å². The third-order valence-electron chi connectivity index (χ3n) is 2.65. The van der Waals surface area contributed by atoms with E-state index in [1.165, 1.54) is 6.33 Å². The summed E-state index contributed by atoms with van der Waals surface area (Å²) in [7, 11) is 0. The zero-order chi connectivity index (χ0) is 13.1. The standard InChI is InChI=1S/C13H11N5O/c14-7-9-2-1-3-10(6-9)13-17-12(18-19-13)11-4-5-15-8-16-11/h1-6,8H,7,14H2. The van der Waals surface area contributed by atoms with Crippen LogP contribution in [0.3, 0.4) is 0 Å². The van der Waals surface area contributed by atoms with Crippen molar-refractivity contribution in [2.24, 2.45) is 5.73 Å². The fourth-order valence-electron chi connectivity index (χ4n) is 1.70. The number of nitrogens with two attached hydrogens (primary N) is 1. The lowest BCUT2D eigenvalue weighted by atomic mass is 10.1. The van der Waals surface area contributed by atoms with Crippen LogP contribution in [-0.4, -0.2) is 20.1 Å². The van der Waals surface area contributed by atoms with E-state index in [1.807, 2.05) is 24.3 Å². The first-order valence-corrected chi connectivity index (χ1v) is 5.76. The zero-order valence-corrected chi connectivity index (χ0v) is 10.0. The van der Waals surface area contributed by atoms with Crippen molar-refractivity contribution in [2.45, 2.75) is 6.54 Å². The topological polar surface area (TPSA) is 90.7 Å². The number of nitrogens with zero attached hydrogens (tertiary/aromatic N) is 4. The molecule has 0 radical (unpaired) electrons. The average molecular weight is 253 g/mol. The maximum atomic E-state index is 5.61. The van der Waals surface area contributed by atoms with Crippen LogP contribution in [0.25, 0.3) is 23.0 Å². The molecule has 0 aliphatic heterocycles. The molecule has 0 atom stereocenters. The van der Waals surface area contributed by atoms with Crippen LogP contribution < -0.4 is 5.73 Å². The average Bonchev–Trinajstić information content (AvgIpc) is 2.98. The molecule has 0 amide bonds. The van der Waals surface area contributed by atoms with Gasteiger partial charge in [-0.05, 0) is 23.8 Å². The van der Waals surface area contributed by atoms with E-state index in [4.69, 9.17) is 10.3 Å². The first-order chi connectivity index (χ1) is 9.36. The van der Waals surface area contributed by atoms with Gasteiger partial charge < -0.3 is 10.3 Å². The van der Waals surface area contributed by atoms with Crippen LogP contribution >= 0.6 is 0 Å². The van der Waals surface area contributed by atoms with Crippen molar-refractivity contribution in [1.82, 2.24) is 20.1 Å². The van der Waals surface area contributed by atoms with E-state index >= 15 is 0 Å². The number of aromatic nitrogens is 4. The highest BCUT2D eigenvalue weighted by Crippen LogP contribution is 2.21. The fraction of sp³-hybridized carbons (Fsp3) is 0.0769. The second-order valence-corrected chi connectivity index (χ2v) is 3.92. The molecule has 0 saturated heterocycles. The van der Waals surface area contributed by atoms with Crippen LogP contribution in [0.2, 0.25) is 0 Å². The number of hydrogen-bond acceptors (Lipinski definition) is 6. The summed E-state index contributed by atoms with van der Waals surface area (Å²) in [5.74, 6) is 0.888. The van der Waals surface area contributed by atoms with E-state index in [1.54, 1.807) is 12.3 Å². The van der Waals surface area contributed by atoms with Gasteiger partial charge in [-0.2, -0.15) is 4.98 Å². The van der Waals surface area contributed by atoms with Gasteiger partial charge in [-0.3, -0.25) is 0 Å². The van der Waals surface area contributed by atoms with Crippen LogP contribution in [0.1, 0.15) is 5.56 Å². The van der Waals surface area contributed by atoms with Crippen LogP contribution in [0.5, 0.6) is 0 Å². The molecular formula is C13H11N5O. The van der Waals surface area contributed by atoms with Gasteiger partial charge in [0.1, 0.15) is 12.0 Å². The largest absolute Gasteiger partial charge is 0.334 e. The third-order valence-corrected chi connectivity index (χ3v) is 2.65. The van der Waals surface area contributed by atoms with Gasteiger partial charge in [0.2, 0.25) is 5.82 Å². The minimum atomic E-state index is 0.440. The van der Waals surface area contributed by atoms with Gasteiger partial charge in [0.15, 0.2) is 0 Å². The minimum absolute atomic E-state index is 0.440. The van der Waals surface area contributed by atoms with E-state index in [9.17, 15) is 0 Å². The summed E-state index contributed by atoms with van der Waals surface area (Å²) in [5, 5.41) is 3.91. The van der Waals surface area contributed by atoms with Crippen molar-refractivity contribution in [3.05, 3.63) is 48.4 Å². The first kappa shape index (κ1) is 11.5. The highest BCUT2D eigenvalue weighted by Gasteiger charge is 2.11. The Hall–Kier alpha value is -2.60. The summed E-state index contributed by atoms with van der Waals surface area (Å²) in [6.45, 7) is 0.473. The molecule has 0 spiro atoms. The molecule has 3 rings (SSSR count). The van der Waals surface area contributed by atoms with E-state index in [0.717, 1.165) is 11.1 Å². The molecule has 94 valence electrons. The summed E-state index contributed by atoms with van der Waals surface area (Å²) in [5.41, 5.74) is 8.09. The molecule has 0 aliphatic carbocycles. The van der Waals surface area contributed by atoms with Gasteiger partial charge in [0, 0.05) is 18.3 Å². The van der Waals surface area contributed by atoms with Crippen LogP contribution in [0.4, 0.5) is 0 Å². The Bertz CT molecular complexity index is 680. The molecule has 0 fully saturated rings. The van der Waals surface area contributed by atoms with Gasteiger partial charge in [-0.15, -0.1) is 0 Å². The molecule has 3 aromatic rings. The molecule has 2 aromatic heterocycles. The van der Waals surface area contributed by atoms with Gasteiger partial charge >= 0.3 is 0 Å². The Morgan fingerprint density at radius 3 is 2.95 bits per heavy atom. The molecule has 0 saturated carbocycles. The summed E-state index contributed by atoms with van der Waals surface area (Å²) >= 11 is 0. The predicted molar refractivity (Wildman–Crippen MR) is 68.7 cm³/mol. The fourth-order valence-corrected chi connectivity index (χ4v) is 1.70. The molecule has 2 heterocycles. The van der Waals surface area contributed by atoms with Gasteiger partial charge in [-0.1, -0.05) is 17.3 Å². The van der Waals surface area contributed by atoms with Crippen molar-refractivity contribution < 1.29 is 4.52 Å². The number of rotatable bonds is 3. The lowest BCUT2D eigenvalue weighted by Crippen LogP contribution is -1.95. The van der Waals surface area contributed by atoms with Crippen molar-refractivity contribution in [3.63, 3.8) is 0 Å². The van der Waals surface area contributed by atoms with E-state index in [0.29, 0.717) is 24.0 Å². The molecule has 1 aromatic carbocycles. The summed E-state index contributed by atoms with van der Waals surface area (Å²) in [6, 6.07) is 9.41. The van der Waals surface area contributed by atoms with Gasteiger partial charge in [-0.25, -0.2) is 9.97 Å². The molecule has 0 bridgehead atoms. The van der Waals surface area contributed by atoms with Crippen LogP contribution in [-0.2, 0) is 6.54 Å². The molecular weight excluding hydrogens is 242 g/mol. The maximum absolute atomic E-state index is 5.61. The Morgan fingerprint density at radius 1 is 1.21 bits per heavy atom. The third kappa shape index (κ3) is 2.34. The first-order valence-electron chi connectivity index (χ1n) is 5.76. The van der Waals surface area contributed by atoms with Crippen molar-refractivity contribution in [1.29, 1.82) is 0 Å². The Labute approximate surface area is 109 Å². The molecule has 2 N–H and O–H groups in total. The van der Waals surface area contributed by atoms with Gasteiger partial charge in [0.05, 0.1) is 0 Å². The van der Waals surface area contributed by atoms with Crippen LogP contribution in [0.15, 0.2) is 47.4 Å². The quantitative estimate of drug-likeness (QED) is 0.763. The highest BCUT2D eigenvalue weighted by molar-refractivity contribution is 5.57. The van der Waals surface area contributed by atoms with Gasteiger partial charge in [0.25, 0.3) is 5.89 Å². The van der Waals surface area contributed by atoms with E-state index < -0.39 is 0 Å². The summed E-state index contributed by atoms with van der Waals surface area (Å²) < 4.78 is 5.24. The zero-order valence-electron chi connectivity index (χ0n) is 10.0. The second kappa shape index (κ2) is 4.95. The monoisotopic (exact) mass is 253 g/mol.